The van der Waals surface area contributed by atoms with Crippen molar-refractivity contribution in [1.82, 2.24) is 0 Å². The summed E-state index contributed by atoms with van der Waals surface area (Å²) in [6.45, 7) is 1.60. The van der Waals surface area contributed by atoms with Crippen LogP contribution in [0.25, 0.3) is 44.7 Å². The Labute approximate surface area is 149 Å². The molecule has 136 valence electrons. The Hall–Kier alpha value is -3.35. The molecular formula is C20H11F3O4. The summed E-state index contributed by atoms with van der Waals surface area (Å²) >= 11 is 0. The van der Waals surface area contributed by atoms with Crippen molar-refractivity contribution in [3.63, 3.8) is 0 Å². The van der Waals surface area contributed by atoms with Gasteiger partial charge in [-0.15, -0.1) is 0 Å². The van der Waals surface area contributed by atoms with E-state index in [9.17, 15) is 13.2 Å². The SMILES string of the molecule is Cc1c2oc3ccccc3oc2c(C(F)(F)F)c2oc3ccccc3oc12. The lowest BCUT2D eigenvalue weighted by Crippen LogP contribution is -2.08. The van der Waals surface area contributed by atoms with Crippen LogP contribution in [0, 0.1) is 6.92 Å². The fraction of sp³-hybridized carbons (Fsp3) is 0.100. The van der Waals surface area contributed by atoms with Crippen LogP contribution in [-0.2, 0) is 6.18 Å². The largest absolute Gasteiger partial charge is 0.449 e. The van der Waals surface area contributed by atoms with E-state index in [0.717, 1.165) is 0 Å². The topological polar surface area (TPSA) is 52.6 Å². The molecule has 0 radical (unpaired) electrons. The average molecular weight is 372 g/mol. The van der Waals surface area contributed by atoms with Gasteiger partial charge in [0.2, 0.25) is 0 Å². The fourth-order valence-corrected chi connectivity index (χ4v) is 3.15. The van der Waals surface area contributed by atoms with Crippen LogP contribution in [0.3, 0.4) is 0 Å². The van der Waals surface area contributed by atoms with Crippen LogP contribution >= 0.6 is 0 Å². The number of fused-ring (bicyclic) bond motifs is 4. The van der Waals surface area contributed by atoms with Crippen LogP contribution in [0.4, 0.5) is 13.2 Å². The number of para-hydroxylation sites is 4. The van der Waals surface area contributed by atoms with Crippen LogP contribution in [0.1, 0.15) is 11.1 Å². The summed E-state index contributed by atoms with van der Waals surface area (Å²) in [5, 5.41) is 0. The first-order chi connectivity index (χ1) is 12.9. The molecule has 3 aromatic carbocycles. The predicted molar refractivity (Wildman–Crippen MR) is 92.9 cm³/mol. The molecule has 0 atom stereocenters. The number of benzene rings is 3. The predicted octanol–water partition coefficient (Wildman–Crippen LogP) is 7.12. The lowest BCUT2D eigenvalue weighted by molar-refractivity contribution is -0.136. The van der Waals surface area contributed by atoms with Crippen LogP contribution in [0.2, 0.25) is 0 Å². The Balaban J connectivity index is 2.09. The summed E-state index contributed by atoms with van der Waals surface area (Å²) in [6.07, 6.45) is -4.74. The number of halogens is 3. The molecule has 4 nitrogen and oxygen atoms in total. The Kier molecular flexibility index (Phi) is 3.13. The van der Waals surface area contributed by atoms with E-state index in [0.29, 0.717) is 16.7 Å². The molecule has 27 heavy (non-hydrogen) atoms. The maximum Gasteiger partial charge on any atom is 0.423 e. The van der Waals surface area contributed by atoms with E-state index >= 15 is 0 Å². The summed E-state index contributed by atoms with van der Waals surface area (Å²) in [4.78, 5) is 0. The van der Waals surface area contributed by atoms with Gasteiger partial charge in [-0.25, -0.2) is 0 Å². The van der Waals surface area contributed by atoms with Crippen molar-refractivity contribution in [2.75, 3.05) is 0 Å². The second-order valence-electron chi connectivity index (χ2n) is 6.12. The maximum atomic E-state index is 14.0. The number of hydrogen-bond acceptors (Lipinski definition) is 4. The molecule has 5 rings (SSSR count). The Bertz CT molecular complexity index is 1280. The van der Waals surface area contributed by atoms with Crippen molar-refractivity contribution in [1.29, 1.82) is 0 Å². The Morgan fingerprint density at radius 1 is 0.593 bits per heavy atom. The van der Waals surface area contributed by atoms with Crippen molar-refractivity contribution in [2.24, 2.45) is 0 Å². The Morgan fingerprint density at radius 2 is 0.926 bits per heavy atom. The number of alkyl halides is 3. The van der Waals surface area contributed by atoms with Gasteiger partial charge in [0.25, 0.3) is 0 Å². The van der Waals surface area contributed by atoms with E-state index < -0.39 is 22.9 Å². The minimum Gasteiger partial charge on any atom is -0.449 e. The number of hydrogen-bond donors (Lipinski definition) is 0. The van der Waals surface area contributed by atoms with Gasteiger partial charge >= 0.3 is 6.18 Å². The maximum absolute atomic E-state index is 14.0. The molecular weight excluding hydrogens is 361 g/mol. The van der Waals surface area contributed by atoms with E-state index in [1.807, 2.05) is 0 Å². The molecule has 0 fully saturated rings. The molecule has 0 bridgehead atoms. The Morgan fingerprint density at radius 3 is 1.26 bits per heavy atom. The fourth-order valence-electron chi connectivity index (χ4n) is 3.15. The van der Waals surface area contributed by atoms with Gasteiger partial charge in [0, 0.05) is 5.56 Å². The third kappa shape index (κ3) is 2.31. The lowest BCUT2D eigenvalue weighted by atomic mass is 10.1. The second kappa shape index (κ2) is 5.33. The molecule has 2 heterocycles. The second-order valence-corrected chi connectivity index (χ2v) is 6.12. The van der Waals surface area contributed by atoms with Gasteiger partial charge in [0.05, 0.1) is 0 Å². The molecule has 0 unspecified atom stereocenters. The van der Waals surface area contributed by atoms with E-state index in [1.54, 1.807) is 55.5 Å². The highest BCUT2D eigenvalue weighted by Crippen LogP contribution is 2.44. The normalized spacial score (nSPS) is 12.4. The zero-order chi connectivity index (χ0) is 18.8. The molecule has 0 spiro atoms. The first kappa shape index (κ1) is 15.9. The van der Waals surface area contributed by atoms with Crippen molar-refractivity contribution in [3.05, 3.63) is 59.7 Å². The van der Waals surface area contributed by atoms with Crippen molar-refractivity contribution in [2.45, 2.75) is 13.1 Å². The molecule has 7 heteroatoms. The summed E-state index contributed by atoms with van der Waals surface area (Å²) in [5.74, 6) is 0. The van der Waals surface area contributed by atoms with Gasteiger partial charge in [-0.1, -0.05) is 24.3 Å². The molecule has 0 saturated carbocycles. The molecule has 0 aliphatic heterocycles. The molecule has 2 aromatic heterocycles. The number of aryl methyl sites for hydroxylation is 1. The lowest BCUT2D eigenvalue weighted by Gasteiger charge is -2.14. The molecule has 5 aromatic rings. The van der Waals surface area contributed by atoms with Gasteiger partial charge in [-0.05, 0) is 31.2 Å². The van der Waals surface area contributed by atoms with Crippen LogP contribution < -0.4 is 0 Å². The minimum atomic E-state index is -4.74. The van der Waals surface area contributed by atoms with Crippen molar-refractivity contribution < 1.29 is 30.8 Å². The van der Waals surface area contributed by atoms with Gasteiger partial charge < -0.3 is 17.7 Å². The minimum absolute atomic E-state index is 0.0391. The third-order valence-corrected chi connectivity index (χ3v) is 4.38. The highest BCUT2D eigenvalue weighted by atomic mass is 19.4. The molecule has 0 saturated heterocycles. The summed E-state index contributed by atoms with van der Waals surface area (Å²) in [5.41, 5.74) is -0.582. The average Bonchev–Trinajstić information content (AvgIpc) is 2.65. The van der Waals surface area contributed by atoms with E-state index in [4.69, 9.17) is 17.7 Å². The highest BCUT2D eigenvalue weighted by molar-refractivity contribution is 5.98. The van der Waals surface area contributed by atoms with Crippen molar-refractivity contribution in [3.8, 4) is 0 Å². The van der Waals surface area contributed by atoms with Gasteiger partial charge in [-0.3, -0.25) is 0 Å². The van der Waals surface area contributed by atoms with E-state index in [2.05, 4.69) is 0 Å². The summed E-state index contributed by atoms with van der Waals surface area (Å²) in [6, 6.07) is 13.1. The number of rotatable bonds is 0. The summed E-state index contributed by atoms with van der Waals surface area (Å²) < 4.78 is 64.6. The standard InChI is InChI=1S/C20H11F3O4/c1-10-16-18(26-13-8-4-2-6-11(13)24-16)15(20(21,22)23)19-17(10)25-12-7-3-5-9-14(12)27-19/h2-9H,1H3. The van der Waals surface area contributed by atoms with Crippen LogP contribution in [0.15, 0.2) is 66.2 Å². The first-order valence-corrected chi connectivity index (χ1v) is 8.10. The van der Waals surface area contributed by atoms with E-state index in [1.165, 1.54) is 0 Å². The highest BCUT2D eigenvalue weighted by Gasteiger charge is 2.40. The zero-order valence-corrected chi connectivity index (χ0v) is 13.9. The van der Waals surface area contributed by atoms with Crippen molar-refractivity contribution >= 4 is 44.7 Å². The third-order valence-electron chi connectivity index (χ3n) is 4.38. The van der Waals surface area contributed by atoms with Crippen LogP contribution in [0.5, 0.6) is 0 Å². The summed E-state index contributed by atoms with van der Waals surface area (Å²) in [7, 11) is 0. The molecule has 0 aliphatic rings. The van der Waals surface area contributed by atoms with E-state index in [-0.39, 0.29) is 22.3 Å². The van der Waals surface area contributed by atoms with Gasteiger partial charge in [-0.2, -0.15) is 13.2 Å². The van der Waals surface area contributed by atoms with Gasteiger partial charge in [0.15, 0.2) is 44.7 Å². The zero-order valence-electron chi connectivity index (χ0n) is 13.9. The first-order valence-electron chi connectivity index (χ1n) is 8.10. The van der Waals surface area contributed by atoms with Gasteiger partial charge in [0.1, 0.15) is 5.56 Å². The molecule has 0 aliphatic carbocycles. The monoisotopic (exact) mass is 372 g/mol. The quantitative estimate of drug-likeness (QED) is 0.272. The molecule has 0 N–H and O–H groups in total. The van der Waals surface area contributed by atoms with Crippen LogP contribution in [-0.4, -0.2) is 0 Å². The smallest absolute Gasteiger partial charge is 0.423 e. The molecule has 0 amide bonds.